The van der Waals surface area contributed by atoms with Gasteiger partial charge in [0.15, 0.2) is 47.4 Å². The Morgan fingerprint density at radius 1 is 0.886 bits per heavy atom. The molecule has 9 heterocycles. The van der Waals surface area contributed by atoms with E-state index in [2.05, 4.69) is 29.9 Å². The second-order valence-corrected chi connectivity index (χ2v) is 23.0. The van der Waals surface area contributed by atoms with Gasteiger partial charge in [0.05, 0.1) is 55.6 Å². The van der Waals surface area contributed by atoms with E-state index in [1.165, 1.54) is 57.5 Å². The third-order valence-corrected chi connectivity index (χ3v) is 17.7. The SMILES string of the molecule is N#CCCO[P@]1(=S)OC[C@H]2O[C@@H]3[C@H](F)C2O[P@@](=O)(SCc2ccccc2[N+](=O)[O-])OC[C@H]2O[C@H]([C@H](F)C2O1)n1cnc2c(ncnc21)N(C(=O)c1ccccc1)C/C=C/CCc1ncnc2c1ncn23. The number of carbonyl (C=O) groups excluding carboxylic acids is 1. The molecule has 11 rings (SSSR count). The van der Waals surface area contributed by atoms with Crippen LogP contribution in [0.4, 0.5) is 20.3 Å². The first kappa shape index (κ1) is 48.1. The summed E-state index contributed by atoms with van der Waals surface area (Å²) in [5.74, 6) is -0.635. The van der Waals surface area contributed by atoms with Crippen LogP contribution in [0.2, 0.25) is 0 Å². The van der Waals surface area contributed by atoms with Crippen molar-refractivity contribution in [2.24, 2.45) is 0 Å². The number of allylic oxidation sites excluding steroid dienone is 1. The van der Waals surface area contributed by atoms with E-state index in [0.717, 1.165) is 0 Å². The number of nitrogens with zero attached hydrogens (tertiary/aromatic N) is 11. The maximum atomic E-state index is 17.5. The zero-order valence-corrected chi connectivity index (χ0v) is 39.7. The zero-order valence-electron chi connectivity index (χ0n) is 36.3. The molecule has 3 fully saturated rings. The molecule has 4 aromatic heterocycles. The van der Waals surface area contributed by atoms with Crippen molar-refractivity contribution in [2.45, 2.75) is 74.2 Å². The Bertz CT molecular complexity index is 3120. The lowest BCUT2D eigenvalue weighted by atomic mass is 10.1. The second kappa shape index (κ2) is 20.3. The molecule has 0 aliphatic carbocycles. The van der Waals surface area contributed by atoms with Crippen molar-refractivity contribution in [1.82, 2.24) is 39.0 Å². The van der Waals surface area contributed by atoms with Gasteiger partial charge >= 0.3 is 13.5 Å². The van der Waals surface area contributed by atoms with Crippen LogP contribution in [-0.4, -0.2) is 113 Å². The number of amides is 1. The molecule has 5 aliphatic rings. The van der Waals surface area contributed by atoms with Gasteiger partial charge in [-0.05, 0) is 48.2 Å². The number of aromatic nitrogens is 8. The Morgan fingerprint density at radius 2 is 1.54 bits per heavy atom. The number of alkyl halides is 2. The number of rotatable bonds is 8. The Kier molecular flexibility index (Phi) is 13.9. The molecule has 0 saturated carbocycles. The Labute approximate surface area is 405 Å². The predicted molar refractivity (Wildman–Crippen MR) is 248 cm³/mol. The Morgan fingerprint density at radius 3 is 2.27 bits per heavy atom. The lowest BCUT2D eigenvalue weighted by molar-refractivity contribution is -0.385. The summed E-state index contributed by atoms with van der Waals surface area (Å²) in [6.07, 6.45) is -4.50. The van der Waals surface area contributed by atoms with E-state index in [-0.39, 0.29) is 59.2 Å². The van der Waals surface area contributed by atoms with Crippen LogP contribution in [-0.2, 0) is 60.6 Å². The number of para-hydroxylation sites is 1. The van der Waals surface area contributed by atoms with Crippen LogP contribution in [0.1, 0.15) is 46.9 Å². The van der Waals surface area contributed by atoms with Gasteiger partial charge in [-0.25, -0.2) is 43.2 Å². The Hall–Kier alpha value is -5.55. The van der Waals surface area contributed by atoms with Gasteiger partial charge in [0.1, 0.15) is 42.6 Å². The molecule has 0 radical (unpaired) electrons. The number of nitro benzene ring substituents is 1. The minimum atomic E-state index is -4.71. The first-order chi connectivity index (χ1) is 33.9. The third-order valence-electron chi connectivity index (χ3n) is 11.7. The highest BCUT2D eigenvalue weighted by Gasteiger charge is 2.55. The molecule has 10 atom stereocenters. The molecule has 1 amide bonds. The molecule has 364 valence electrons. The number of carbonyl (C=O) groups is 1. The number of aryl methyl sites for hydroxylation is 1. The fourth-order valence-corrected chi connectivity index (χ4v) is 13.8. The summed E-state index contributed by atoms with van der Waals surface area (Å²) in [6.45, 7) is -10.5. The molecular weight excluding hydrogens is 999 g/mol. The van der Waals surface area contributed by atoms with Crippen molar-refractivity contribution in [3.05, 3.63) is 119 Å². The summed E-state index contributed by atoms with van der Waals surface area (Å²) in [6, 6.07) is 16.2. The second-order valence-electron chi connectivity index (χ2n) is 16.0. The maximum absolute atomic E-state index is 17.5. The quantitative estimate of drug-likeness (QED) is 0.0479. The Balaban J connectivity index is 1.11. The monoisotopic (exact) mass is 1040 g/mol. The van der Waals surface area contributed by atoms with E-state index >= 15 is 13.3 Å². The summed E-state index contributed by atoms with van der Waals surface area (Å²) in [4.78, 5) is 53.9. The lowest BCUT2D eigenvalue weighted by Crippen LogP contribution is -2.37. The van der Waals surface area contributed by atoms with Crippen LogP contribution >= 0.6 is 24.9 Å². The van der Waals surface area contributed by atoms with Gasteiger partial charge in [-0.15, -0.1) is 0 Å². The highest BCUT2D eigenvalue weighted by molar-refractivity contribution is 8.54. The van der Waals surface area contributed by atoms with Crippen molar-refractivity contribution in [1.29, 1.82) is 5.26 Å². The summed E-state index contributed by atoms with van der Waals surface area (Å²) < 4.78 is 95.8. The van der Waals surface area contributed by atoms with Crippen molar-refractivity contribution in [2.75, 3.05) is 31.3 Å². The molecule has 2 aromatic carbocycles. The number of anilines is 1. The minimum absolute atomic E-state index is 0.0227. The average molecular weight is 1040 g/mol. The minimum Gasteiger partial charge on any atom is -0.346 e. The van der Waals surface area contributed by atoms with E-state index in [0.29, 0.717) is 41.0 Å². The van der Waals surface area contributed by atoms with E-state index in [1.807, 2.05) is 12.1 Å². The van der Waals surface area contributed by atoms with Gasteiger partial charge in [-0.2, -0.15) is 5.26 Å². The molecule has 28 heteroatoms. The van der Waals surface area contributed by atoms with Crippen LogP contribution < -0.4 is 4.90 Å². The zero-order chi connectivity index (χ0) is 48.6. The maximum Gasteiger partial charge on any atom is 0.390 e. The normalized spacial score (nSPS) is 29.7. The van der Waals surface area contributed by atoms with Crippen molar-refractivity contribution < 1.29 is 55.2 Å². The number of fused-ring (bicyclic) bond motifs is 10. The van der Waals surface area contributed by atoms with Crippen LogP contribution in [0.15, 0.2) is 92.1 Å². The number of halogens is 2. The van der Waals surface area contributed by atoms with Crippen LogP contribution in [0.3, 0.4) is 0 Å². The first-order valence-corrected chi connectivity index (χ1v) is 27.3. The summed E-state index contributed by atoms with van der Waals surface area (Å²) >= 11 is 6.38. The molecule has 0 spiro atoms. The number of benzene rings is 2. The fourth-order valence-electron chi connectivity index (χ4n) is 8.36. The van der Waals surface area contributed by atoms with E-state index in [1.54, 1.807) is 42.5 Å². The summed E-state index contributed by atoms with van der Waals surface area (Å²) in [5.41, 5.74) is 1.41. The van der Waals surface area contributed by atoms with Gasteiger partial charge < -0.3 is 18.5 Å². The number of nitro groups is 1. The van der Waals surface area contributed by atoms with Crippen molar-refractivity contribution >= 4 is 76.4 Å². The van der Waals surface area contributed by atoms with Gasteiger partial charge in [0.25, 0.3) is 11.6 Å². The van der Waals surface area contributed by atoms with Crippen LogP contribution in [0.5, 0.6) is 0 Å². The molecule has 70 heavy (non-hydrogen) atoms. The summed E-state index contributed by atoms with van der Waals surface area (Å²) in [5, 5.41) is 21.4. The molecule has 5 aliphatic heterocycles. The van der Waals surface area contributed by atoms with Gasteiger partial charge in [0.2, 0.25) is 0 Å². The summed E-state index contributed by atoms with van der Waals surface area (Å²) in [7, 11) is 0. The van der Waals surface area contributed by atoms with Gasteiger partial charge in [-0.3, -0.25) is 42.5 Å². The van der Waals surface area contributed by atoms with Crippen LogP contribution in [0.25, 0.3) is 22.3 Å². The van der Waals surface area contributed by atoms with Crippen molar-refractivity contribution in [3.63, 3.8) is 0 Å². The molecule has 22 nitrogen and oxygen atoms in total. The number of imidazole rings is 2. The average Bonchev–Trinajstić information content (AvgIpc) is 4.14. The number of hydrogen-bond acceptors (Lipinski definition) is 20. The van der Waals surface area contributed by atoms with Gasteiger partial charge in [-0.1, -0.05) is 48.6 Å². The largest absolute Gasteiger partial charge is 0.390 e. The molecule has 0 N–H and O–H groups in total. The molecule has 3 saturated heterocycles. The lowest BCUT2D eigenvalue weighted by Gasteiger charge is -2.31. The van der Waals surface area contributed by atoms with E-state index < -0.39 is 86.8 Å². The standard InChI is InChI=1S/C42H39F2N11O11P2S2/c43-31-35-30-19-62-68(69,60-17-9-15-45)66-36-29(18-61-67(59,65-35)70-20-26-12-6-7-14-28(26)55(57)58)63-42(32(36)44)54-24-51-34-38(48-22-49-39(34)54)52(40(56)25-10-3-1-4-11-25)16-8-2-5-13-27-33-37(47-21-46-27)53(23-50-33)41(31)64-30/h1-4,6-8,10-12,14,21-24,29-32,35-36,41-42H,5,9,13,16-20H2/b8-2+/t29-,30-,31-,32-,35?,36?,41-,42-,67+,68+/m1/s1. The number of hydrogen-bond donors (Lipinski definition) is 0. The van der Waals surface area contributed by atoms with E-state index in [9.17, 15) is 20.2 Å². The highest BCUT2D eigenvalue weighted by Crippen LogP contribution is 2.65. The fraction of sp³-hybridized carbons (Fsp3) is 0.381. The first-order valence-electron chi connectivity index (χ1n) is 21.6. The molecule has 6 aromatic rings. The smallest absolute Gasteiger partial charge is 0.346 e. The molecule has 14 bridgehead atoms. The highest BCUT2D eigenvalue weighted by atomic mass is 32.7. The topological polar surface area (TPSA) is 256 Å². The molecule has 2 unspecified atom stereocenters. The number of ether oxygens (including phenoxy) is 2. The predicted octanol–water partition coefficient (Wildman–Crippen LogP) is 7.21. The number of nitriles is 1. The van der Waals surface area contributed by atoms with Gasteiger partial charge in [0, 0.05) is 29.5 Å². The van der Waals surface area contributed by atoms with E-state index in [4.69, 9.17) is 43.9 Å². The van der Waals surface area contributed by atoms with Crippen molar-refractivity contribution in [3.8, 4) is 6.07 Å². The van der Waals surface area contributed by atoms with Crippen LogP contribution in [0, 0.1) is 21.4 Å². The molecular formula is C42H39F2N11O11P2S2. The third kappa shape index (κ3) is 9.51.